The van der Waals surface area contributed by atoms with Crippen molar-refractivity contribution in [3.8, 4) is 44.8 Å². The Hall–Kier alpha value is -7.75. The highest BCUT2D eigenvalue weighted by Gasteiger charge is 2.18. The monoisotopic (exact) mass is 740 g/mol. The maximum absolute atomic E-state index is 6.33. The fraction of sp³-hybridized carbons (Fsp3) is 0. The van der Waals surface area contributed by atoms with Crippen molar-refractivity contribution in [3.63, 3.8) is 0 Å². The molecule has 11 aromatic rings. The number of oxazole rings is 1. The third-order valence-corrected chi connectivity index (χ3v) is 11.3. The average molecular weight is 741 g/mol. The number of rotatable bonds is 7. The van der Waals surface area contributed by atoms with Gasteiger partial charge in [0.05, 0.1) is 5.69 Å². The molecule has 0 aliphatic heterocycles. The van der Waals surface area contributed by atoms with E-state index in [1.54, 1.807) is 0 Å². The van der Waals surface area contributed by atoms with Gasteiger partial charge in [-0.25, -0.2) is 4.98 Å². The van der Waals surface area contributed by atoms with Crippen LogP contribution in [0.3, 0.4) is 0 Å². The molecule has 58 heavy (non-hydrogen) atoms. The minimum atomic E-state index is 0.626. The summed E-state index contributed by atoms with van der Waals surface area (Å²) in [5.41, 5.74) is 12.9. The number of para-hydroxylation sites is 1. The van der Waals surface area contributed by atoms with Crippen LogP contribution in [0.25, 0.3) is 88.3 Å². The van der Waals surface area contributed by atoms with Crippen molar-refractivity contribution in [2.75, 3.05) is 4.90 Å². The van der Waals surface area contributed by atoms with Gasteiger partial charge in [0.15, 0.2) is 5.58 Å². The van der Waals surface area contributed by atoms with Crippen LogP contribution in [0.5, 0.6) is 0 Å². The Balaban J connectivity index is 0.962. The van der Waals surface area contributed by atoms with Crippen molar-refractivity contribution in [1.82, 2.24) is 4.98 Å². The quantitative estimate of drug-likeness (QED) is 0.152. The highest BCUT2D eigenvalue weighted by atomic mass is 16.3. The van der Waals surface area contributed by atoms with Gasteiger partial charge < -0.3 is 9.32 Å². The first-order valence-corrected chi connectivity index (χ1v) is 19.7. The average Bonchev–Trinajstić information content (AvgIpc) is 3.75. The molecule has 0 bridgehead atoms. The van der Waals surface area contributed by atoms with Crippen LogP contribution >= 0.6 is 0 Å². The second-order valence-electron chi connectivity index (χ2n) is 14.7. The van der Waals surface area contributed by atoms with Crippen molar-refractivity contribution < 1.29 is 4.42 Å². The molecule has 0 radical (unpaired) electrons. The van der Waals surface area contributed by atoms with Crippen molar-refractivity contribution in [3.05, 3.63) is 218 Å². The summed E-state index contributed by atoms with van der Waals surface area (Å²) in [5.74, 6) is 0.626. The van der Waals surface area contributed by atoms with Gasteiger partial charge in [-0.1, -0.05) is 164 Å². The fourth-order valence-corrected chi connectivity index (χ4v) is 8.43. The van der Waals surface area contributed by atoms with E-state index < -0.39 is 0 Å². The number of hydrogen-bond donors (Lipinski definition) is 0. The molecule has 0 aliphatic rings. The summed E-state index contributed by atoms with van der Waals surface area (Å²) in [6.45, 7) is 0. The first-order valence-electron chi connectivity index (χ1n) is 19.7. The van der Waals surface area contributed by atoms with E-state index in [0.29, 0.717) is 5.89 Å². The number of benzene rings is 10. The molecule has 3 nitrogen and oxygen atoms in total. The lowest BCUT2D eigenvalue weighted by Crippen LogP contribution is -2.11. The standard InChI is InChI=1S/C55H36N2O/c1-2-12-39(13-3-1)47-17-10-11-21-53(47)57(45-33-28-41(29-34-45)51-36-43-15-5-6-16-46(43)49-19-8-9-20-50(49)51)44-31-26-38(27-32-44)37-22-24-42(25-23-37)55-56-52-35-30-40-14-4-7-18-48(40)54(52)58-55/h1-36H. The Labute approximate surface area is 336 Å². The van der Waals surface area contributed by atoms with E-state index in [1.165, 1.54) is 43.8 Å². The van der Waals surface area contributed by atoms with Crippen LogP contribution in [0.15, 0.2) is 223 Å². The molecule has 0 amide bonds. The molecule has 0 saturated heterocycles. The van der Waals surface area contributed by atoms with Gasteiger partial charge in [-0.2, -0.15) is 0 Å². The molecule has 0 saturated carbocycles. The van der Waals surface area contributed by atoms with E-state index in [0.717, 1.165) is 55.6 Å². The Bertz CT molecular complexity index is 3260. The SMILES string of the molecule is c1ccc(-c2ccccc2N(c2ccc(-c3ccc(-c4nc5ccc6ccccc6c5o4)cc3)cc2)c2ccc(-c3cc4ccccc4c4ccccc34)cc2)cc1. The Kier molecular flexibility index (Phi) is 8.15. The molecule has 11 rings (SSSR count). The molecule has 1 heterocycles. The Morgan fingerprint density at radius 2 is 0.879 bits per heavy atom. The van der Waals surface area contributed by atoms with E-state index >= 15 is 0 Å². The summed E-state index contributed by atoms with van der Waals surface area (Å²) in [4.78, 5) is 7.20. The van der Waals surface area contributed by atoms with Crippen LogP contribution in [0.4, 0.5) is 17.1 Å². The molecular formula is C55H36N2O. The van der Waals surface area contributed by atoms with Gasteiger partial charge in [-0.05, 0) is 109 Å². The maximum atomic E-state index is 6.33. The van der Waals surface area contributed by atoms with E-state index in [1.807, 2.05) is 18.2 Å². The number of aromatic nitrogens is 1. The van der Waals surface area contributed by atoms with Gasteiger partial charge in [0.2, 0.25) is 5.89 Å². The lowest BCUT2D eigenvalue weighted by molar-refractivity contribution is 0.623. The predicted molar refractivity (Wildman–Crippen MR) is 243 cm³/mol. The highest BCUT2D eigenvalue weighted by Crippen LogP contribution is 2.43. The summed E-state index contributed by atoms with van der Waals surface area (Å²) in [6, 6.07) is 77.8. The molecule has 272 valence electrons. The van der Waals surface area contributed by atoms with Crippen molar-refractivity contribution in [1.29, 1.82) is 0 Å². The molecule has 3 heteroatoms. The zero-order valence-corrected chi connectivity index (χ0v) is 31.6. The van der Waals surface area contributed by atoms with E-state index in [9.17, 15) is 0 Å². The number of hydrogen-bond acceptors (Lipinski definition) is 3. The topological polar surface area (TPSA) is 29.3 Å². The molecule has 0 fully saturated rings. The highest BCUT2D eigenvalue weighted by molar-refractivity contribution is 6.14. The first-order chi connectivity index (χ1) is 28.7. The van der Waals surface area contributed by atoms with Crippen LogP contribution in [-0.2, 0) is 0 Å². The van der Waals surface area contributed by atoms with E-state index in [-0.39, 0.29) is 0 Å². The molecule has 0 atom stereocenters. The first kappa shape index (κ1) is 33.6. The number of nitrogens with zero attached hydrogens (tertiary/aromatic N) is 2. The van der Waals surface area contributed by atoms with Crippen LogP contribution in [-0.4, -0.2) is 4.98 Å². The van der Waals surface area contributed by atoms with Gasteiger partial charge in [0.25, 0.3) is 0 Å². The largest absolute Gasteiger partial charge is 0.435 e. The lowest BCUT2D eigenvalue weighted by atomic mass is 9.93. The Morgan fingerprint density at radius 1 is 0.345 bits per heavy atom. The molecule has 0 aliphatic carbocycles. The molecular weight excluding hydrogens is 705 g/mol. The van der Waals surface area contributed by atoms with Gasteiger partial charge in [0.1, 0.15) is 5.52 Å². The van der Waals surface area contributed by atoms with E-state index in [4.69, 9.17) is 9.40 Å². The zero-order chi connectivity index (χ0) is 38.4. The zero-order valence-electron chi connectivity index (χ0n) is 31.6. The third-order valence-electron chi connectivity index (χ3n) is 11.3. The Morgan fingerprint density at radius 3 is 1.62 bits per heavy atom. The van der Waals surface area contributed by atoms with Crippen molar-refractivity contribution in [2.24, 2.45) is 0 Å². The maximum Gasteiger partial charge on any atom is 0.227 e. The van der Waals surface area contributed by atoms with Gasteiger partial charge in [0, 0.05) is 27.9 Å². The molecule has 0 N–H and O–H groups in total. The van der Waals surface area contributed by atoms with Crippen molar-refractivity contribution >= 4 is 60.5 Å². The van der Waals surface area contributed by atoms with Crippen LogP contribution in [0.2, 0.25) is 0 Å². The summed E-state index contributed by atoms with van der Waals surface area (Å²) in [5, 5.41) is 7.27. The second kappa shape index (κ2) is 14.1. The minimum absolute atomic E-state index is 0.626. The van der Waals surface area contributed by atoms with Gasteiger partial charge in [-0.3, -0.25) is 0 Å². The molecule has 1 aromatic heterocycles. The minimum Gasteiger partial charge on any atom is -0.435 e. The summed E-state index contributed by atoms with van der Waals surface area (Å²) >= 11 is 0. The van der Waals surface area contributed by atoms with Crippen molar-refractivity contribution in [2.45, 2.75) is 0 Å². The summed E-state index contributed by atoms with van der Waals surface area (Å²) < 4.78 is 6.33. The van der Waals surface area contributed by atoms with Crippen LogP contribution < -0.4 is 4.90 Å². The second-order valence-corrected chi connectivity index (χ2v) is 14.7. The van der Waals surface area contributed by atoms with Crippen LogP contribution in [0, 0.1) is 0 Å². The number of fused-ring (bicyclic) bond motifs is 6. The summed E-state index contributed by atoms with van der Waals surface area (Å²) in [6.07, 6.45) is 0. The van der Waals surface area contributed by atoms with Gasteiger partial charge in [-0.15, -0.1) is 0 Å². The predicted octanol–water partition coefficient (Wildman–Crippen LogP) is 15.4. The third kappa shape index (κ3) is 5.89. The lowest BCUT2D eigenvalue weighted by Gasteiger charge is -2.28. The fourth-order valence-electron chi connectivity index (χ4n) is 8.43. The van der Waals surface area contributed by atoms with E-state index in [2.05, 4.69) is 205 Å². The molecule has 10 aromatic carbocycles. The normalized spacial score (nSPS) is 11.4. The summed E-state index contributed by atoms with van der Waals surface area (Å²) in [7, 11) is 0. The smallest absolute Gasteiger partial charge is 0.227 e. The molecule has 0 spiro atoms. The van der Waals surface area contributed by atoms with Gasteiger partial charge >= 0.3 is 0 Å². The molecule has 0 unspecified atom stereocenters. The number of anilines is 3. The van der Waals surface area contributed by atoms with Crippen LogP contribution in [0.1, 0.15) is 0 Å².